The summed E-state index contributed by atoms with van der Waals surface area (Å²) in [5.41, 5.74) is 3.37. The van der Waals surface area contributed by atoms with E-state index in [0.717, 1.165) is 5.56 Å². The minimum absolute atomic E-state index is 0.0304. The number of H-pyrrole nitrogens is 1. The van der Waals surface area contributed by atoms with Crippen LogP contribution in [0.25, 0.3) is 16.8 Å². The molecule has 0 aliphatic carbocycles. The lowest BCUT2D eigenvalue weighted by Crippen LogP contribution is -2.30. The van der Waals surface area contributed by atoms with Crippen LogP contribution >= 0.6 is 0 Å². The molecule has 1 fully saturated rings. The number of amides is 1. The zero-order chi connectivity index (χ0) is 26.4. The first-order valence-corrected chi connectivity index (χ1v) is 11.9. The molecule has 5 rings (SSSR count). The number of aryl methyl sites for hydroxylation is 2. The summed E-state index contributed by atoms with van der Waals surface area (Å²) in [6.07, 6.45) is -0.0304. The van der Waals surface area contributed by atoms with E-state index in [0.29, 0.717) is 27.9 Å². The highest BCUT2D eigenvalue weighted by Crippen LogP contribution is 2.42. The number of halogens is 1. The molecule has 1 unspecified atom stereocenters. The van der Waals surface area contributed by atoms with Gasteiger partial charge in [-0.2, -0.15) is 0 Å². The van der Waals surface area contributed by atoms with Gasteiger partial charge in [0.05, 0.1) is 28.8 Å². The Balaban J connectivity index is 1.69. The molecule has 1 aliphatic heterocycles. The van der Waals surface area contributed by atoms with E-state index in [4.69, 9.17) is 4.74 Å². The second-order valence-electron chi connectivity index (χ2n) is 9.45. The third kappa shape index (κ3) is 4.35. The van der Waals surface area contributed by atoms with Gasteiger partial charge >= 0.3 is 5.91 Å². The maximum absolute atomic E-state index is 13.9. The van der Waals surface area contributed by atoms with Gasteiger partial charge in [-0.25, -0.2) is 9.37 Å². The van der Waals surface area contributed by atoms with E-state index in [9.17, 15) is 19.1 Å². The van der Waals surface area contributed by atoms with Crippen LogP contribution in [0.5, 0.6) is 5.75 Å². The lowest BCUT2D eigenvalue weighted by Gasteiger charge is -2.23. The topological polar surface area (TPSA) is 95.5 Å². The molecule has 2 heterocycles. The van der Waals surface area contributed by atoms with Crippen molar-refractivity contribution in [3.05, 3.63) is 94.3 Å². The molecule has 37 heavy (non-hydrogen) atoms. The summed E-state index contributed by atoms with van der Waals surface area (Å²) >= 11 is 0. The number of ketones is 1. The third-order valence-electron chi connectivity index (χ3n) is 6.30. The number of nitrogens with one attached hydrogen (secondary N) is 1. The maximum atomic E-state index is 13.9. The highest BCUT2D eigenvalue weighted by Gasteiger charge is 2.48. The van der Waals surface area contributed by atoms with Gasteiger partial charge in [-0.3, -0.25) is 14.5 Å². The Morgan fingerprint density at radius 2 is 1.78 bits per heavy atom. The van der Waals surface area contributed by atoms with Crippen LogP contribution < -0.4 is 9.64 Å². The molecule has 3 aromatic carbocycles. The summed E-state index contributed by atoms with van der Waals surface area (Å²) in [6, 6.07) is 15.7. The molecule has 0 saturated carbocycles. The van der Waals surface area contributed by atoms with Gasteiger partial charge in [-0.1, -0.05) is 18.2 Å². The lowest BCUT2D eigenvalue weighted by molar-refractivity contribution is -0.132. The van der Waals surface area contributed by atoms with E-state index in [1.807, 2.05) is 39.0 Å². The largest absolute Gasteiger partial charge is 0.507 e. The lowest BCUT2D eigenvalue weighted by atomic mass is 9.95. The zero-order valence-corrected chi connectivity index (χ0v) is 20.9. The molecule has 1 amide bonds. The van der Waals surface area contributed by atoms with Gasteiger partial charge in [-0.15, -0.1) is 0 Å². The Bertz CT molecular complexity index is 1570. The predicted octanol–water partition coefficient (Wildman–Crippen LogP) is 5.73. The van der Waals surface area contributed by atoms with Crippen molar-refractivity contribution in [3.63, 3.8) is 0 Å². The van der Waals surface area contributed by atoms with E-state index >= 15 is 0 Å². The summed E-state index contributed by atoms with van der Waals surface area (Å²) in [5, 5.41) is 11.3. The molecule has 4 aromatic rings. The van der Waals surface area contributed by atoms with Crippen LogP contribution in [0.15, 0.2) is 66.2 Å². The highest BCUT2D eigenvalue weighted by molar-refractivity contribution is 6.51. The fourth-order valence-corrected chi connectivity index (χ4v) is 4.54. The number of Topliss-reactive ketones (excluding diaryl/α,β-unsaturated/α-hetero) is 1. The number of benzene rings is 3. The van der Waals surface area contributed by atoms with Gasteiger partial charge in [-0.05, 0) is 86.8 Å². The van der Waals surface area contributed by atoms with Crippen LogP contribution in [-0.4, -0.2) is 32.9 Å². The molecule has 0 bridgehead atoms. The van der Waals surface area contributed by atoms with Crippen LogP contribution in [0.3, 0.4) is 0 Å². The number of aromatic amines is 1. The molecular formula is C29H26FN3O4. The Morgan fingerprint density at radius 3 is 2.46 bits per heavy atom. The van der Waals surface area contributed by atoms with E-state index < -0.39 is 23.5 Å². The van der Waals surface area contributed by atoms with Gasteiger partial charge in [0, 0.05) is 5.56 Å². The molecule has 7 nitrogen and oxygen atoms in total. The second-order valence-corrected chi connectivity index (χ2v) is 9.45. The molecule has 0 radical (unpaired) electrons. The summed E-state index contributed by atoms with van der Waals surface area (Å²) in [6.45, 7) is 7.33. The minimum atomic E-state index is -0.972. The van der Waals surface area contributed by atoms with Crippen molar-refractivity contribution >= 4 is 34.4 Å². The third-order valence-corrected chi connectivity index (χ3v) is 6.30. The van der Waals surface area contributed by atoms with Crippen molar-refractivity contribution in [2.45, 2.75) is 39.8 Å². The smallest absolute Gasteiger partial charge is 0.302 e. The van der Waals surface area contributed by atoms with Gasteiger partial charge in [0.1, 0.15) is 17.3 Å². The van der Waals surface area contributed by atoms with Crippen molar-refractivity contribution in [3.8, 4) is 5.75 Å². The van der Waals surface area contributed by atoms with Crippen molar-refractivity contribution in [2.24, 2.45) is 0 Å². The number of hydrogen-bond donors (Lipinski definition) is 2. The number of nitrogens with zero attached hydrogens (tertiary/aromatic N) is 2. The van der Waals surface area contributed by atoms with E-state index in [1.165, 1.54) is 23.1 Å². The molecule has 2 N–H and O–H groups in total. The quantitative estimate of drug-likeness (QED) is 0.208. The number of hydrogen-bond acceptors (Lipinski definition) is 5. The zero-order valence-electron chi connectivity index (χ0n) is 20.9. The highest BCUT2D eigenvalue weighted by atomic mass is 19.1. The van der Waals surface area contributed by atoms with Crippen LogP contribution in [0.2, 0.25) is 0 Å². The maximum Gasteiger partial charge on any atom is 0.302 e. The summed E-state index contributed by atoms with van der Waals surface area (Å²) in [4.78, 5) is 35.7. The van der Waals surface area contributed by atoms with Crippen LogP contribution in [-0.2, 0) is 9.59 Å². The number of aromatic nitrogens is 2. The number of ether oxygens (including phenoxy) is 1. The standard InChI is InChI=1S/C29H26FN3O4/c1-15(2)37-20-9-6-18(7-10-20)25-24(26(34)19-8-11-21(30)17(4)14-19)27(35)28(36)33(25)29-31-22-12-5-16(3)13-23(22)32-29/h5-15,25,34H,1-4H3,(H,31,32)/b26-24+. The van der Waals surface area contributed by atoms with E-state index in [1.54, 1.807) is 31.2 Å². The Labute approximate surface area is 213 Å². The van der Waals surface area contributed by atoms with Gasteiger partial charge in [0.15, 0.2) is 0 Å². The van der Waals surface area contributed by atoms with E-state index in [2.05, 4.69) is 9.97 Å². The van der Waals surface area contributed by atoms with Crippen molar-refractivity contribution in [1.29, 1.82) is 0 Å². The summed E-state index contributed by atoms with van der Waals surface area (Å²) in [7, 11) is 0. The number of aliphatic hydroxyl groups excluding tert-OH is 1. The van der Waals surface area contributed by atoms with Gasteiger partial charge in [0.25, 0.3) is 5.78 Å². The number of anilines is 1. The number of rotatable bonds is 5. The first kappa shape index (κ1) is 24.2. The summed E-state index contributed by atoms with van der Waals surface area (Å²) < 4.78 is 19.7. The number of carbonyl (C=O) groups is 2. The molecule has 1 aliphatic rings. The van der Waals surface area contributed by atoms with Crippen LogP contribution in [0, 0.1) is 19.7 Å². The Hall–Kier alpha value is -4.46. The van der Waals surface area contributed by atoms with Crippen molar-refractivity contribution in [2.75, 3.05) is 4.90 Å². The first-order valence-electron chi connectivity index (χ1n) is 11.9. The predicted molar refractivity (Wildman–Crippen MR) is 139 cm³/mol. The fourth-order valence-electron chi connectivity index (χ4n) is 4.54. The molecule has 188 valence electrons. The average molecular weight is 500 g/mol. The number of imidazole rings is 1. The number of carbonyl (C=O) groups excluding carboxylic acids is 2. The average Bonchev–Trinajstić information content (AvgIpc) is 3.38. The number of aliphatic hydroxyl groups is 1. The minimum Gasteiger partial charge on any atom is -0.507 e. The van der Waals surface area contributed by atoms with Gasteiger partial charge in [0.2, 0.25) is 5.95 Å². The normalized spacial score (nSPS) is 17.2. The van der Waals surface area contributed by atoms with Crippen molar-refractivity contribution < 1.29 is 23.8 Å². The second kappa shape index (κ2) is 9.20. The Morgan fingerprint density at radius 1 is 1.05 bits per heavy atom. The van der Waals surface area contributed by atoms with Crippen LogP contribution in [0.1, 0.15) is 42.1 Å². The molecule has 8 heteroatoms. The first-order chi connectivity index (χ1) is 17.6. The van der Waals surface area contributed by atoms with Crippen molar-refractivity contribution in [1.82, 2.24) is 9.97 Å². The fraction of sp³-hybridized carbons (Fsp3) is 0.207. The molecular weight excluding hydrogens is 473 g/mol. The summed E-state index contributed by atoms with van der Waals surface area (Å²) in [5.74, 6) is -1.70. The van der Waals surface area contributed by atoms with E-state index in [-0.39, 0.29) is 28.9 Å². The number of fused-ring (bicyclic) bond motifs is 1. The van der Waals surface area contributed by atoms with Gasteiger partial charge < -0.3 is 14.8 Å². The monoisotopic (exact) mass is 499 g/mol. The molecule has 1 atom stereocenters. The molecule has 0 spiro atoms. The Kier molecular flexibility index (Phi) is 6.03. The molecule has 1 aromatic heterocycles. The van der Waals surface area contributed by atoms with Crippen LogP contribution in [0.4, 0.5) is 10.3 Å². The molecule has 1 saturated heterocycles. The SMILES string of the molecule is Cc1ccc2nc(N3C(=O)C(=O)/C(=C(/O)c4ccc(F)c(C)c4)C3c3ccc(OC(C)C)cc3)[nH]c2c1.